The van der Waals surface area contributed by atoms with Crippen LogP contribution in [0.15, 0.2) is 18.2 Å². The van der Waals surface area contributed by atoms with Crippen molar-refractivity contribution < 1.29 is 13.9 Å². The summed E-state index contributed by atoms with van der Waals surface area (Å²) >= 11 is 0. The number of halogens is 1. The zero-order valence-electron chi connectivity index (χ0n) is 13.1. The molecule has 0 saturated carbocycles. The van der Waals surface area contributed by atoms with E-state index in [2.05, 4.69) is 4.85 Å². The van der Waals surface area contributed by atoms with Crippen LogP contribution in [0.3, 0.4) is 0 Å². The highest BCUT2D eigenvalue weighted by molar-refractivity contribution is 5.69. The average molecular weight is 305 g/mol. The maximum Gasteiger partial charge on any atom is 0.410 e. The number of hydrogen-bond donors (Lipinski definition) is 0. The quantitative estimate of drug-likeness (QED) is 0.746. The largest absolute Gasteiger partial charge is 0.444 e. The number of nitrogens with zero attached hydrogens (tertiary/aromatic N) is 3. The summed E-state index contributed by atoms with van der Waals surface area (Å²) in [7, 11) is 0. The van der Waals surface area contributed by atoms with Gasteiger partial charge in [-0.15, -0.1) is 0 Å². The van der Waals surface area contributed by atoms with Gasteiger partial charge >= 0.3 is 6.09 Å². The number of anilines is 1. The molecule has 0 aromatic heterocycles. The summed E-state index contributed by atoms with van der Waals surface area (Å²) < 4.78 is 19.3. The second kappa shape index (κ2) is 6.22. The van der Waals surface area contributed by atoms with Gasteiger partial charge in [-0.3, -0.25) is 0 Å². The lowest BCUT2D eigenvalue weighted by atomic mass is 10.2. The van der Waals surface area contributed by atoms with Gasteiger partial charge < -0.3 is 14.5 Å². The van der Waals surface area contributed by atoms with Crippen molar-refractivity contribution in [2.75, 3.05) is 31.1 Å². The summed E-state index contributed by atoms with van der Waals surface area (Å²) in [6, 6.07) is 4.32. The Bertz CT molecular complexity index is 596. The predicted molar refractivity (Wildman–Crippen MR) is 82.7 cm³/mol. The van der Waals surface area contributed by atoms with Crippen LogP contribution in [0.5, 0.6) is 0 Å². The molecule has 2 rings (SSSR count). The molecule has 1 fully saturated rings. The molecule has 5 nitrogen and oxygen atoms in total. The van der Waals surface area contributed by atoms with Crippen molar-refractivity contribution in [3.8, 4) is 0 Å². The molecule has 1 amide bonds. The maximum absolute atomic E-state index is 13.9. The number of ether oxygens (including phenoxy) is 1. The Morgan fingerprint density at radius 1 is 1.27 bits per heavy atom. The SMILES string of the molecule is [C-]#[N+]c1ccc(F)c(N2CCN(C(=O)OC(C)(C)C)CC2)c1. The van der Waals surface area contributed by atoms with E-state index >= 15 is 0 Å². The van der Waals surface area contributed by atoms with Crippen LogP contribution >= 0.6 is 0 Å². The number of hydrogen-bond acceptors (Lipinski definition) is 3. The Hall–Kier alpha value is -2.29. The fourth-order valence-corrected chi connectivity index (χ4v) is 2.27. The lowest BCUT2D eigenvalue weighted by Gasteiger charge is -2.37. The Labute approximate surface area is 130 Å². The number of piperazine rings is 1. The molecule has 1 aromatic carbocycles. The van der Waals surface area contributed by atoms with Gasteiger partial charge in [0.15, 0.2) is 5.69 Å². The van der Waals surface area contributed by atoms with Crippen LogP contribution in [0.2, 0.25) is 0 Å². The minimum atomic E-state index is -0.524. The first-order valence-electron chi connectivity index (χ1n) is 7.20. The number of rotatable bonds is 1. The molecule has 0 spiro atoms. The third-order valence-electron chi connectivity index (χ3n) is 3.33. The van der Waals surface area contributed by atoms with Gasteiger partial charge in [0.1, 0.15) is 11.4 Å². The molecular weight excluding hydrogens is 285 g/mol. The van der Waals surface area contributed by atoms with Gasteiger partial charge in [0.25, 0.3) is 0 Å². The smallest absolute Gasteiger partial charge is 0.410 e. The van der Waals surface area contributed by atoms with Crippen molar-refractivity contribution in [3.63, 3.8) is 0 Å². The van der Waals surface area contributed by atoms with Crippen molar-refractivity contribution in [3.05, 3.63) is 35.4 Å². The van der Waals surface area contributed by atoms with Crippen LogP contribution in [-0.2, 0) is 4.74 Å². The normalized spacial score (nSPS) is 15.4. The molecule has 1 aliphatic heterocycles. The van der Waals surface area contributed by atoms with Gasteiger partial charge in [0, 0.05) is 26.2 Å². The Kier molecular flexibility index (Phi) is 4.55. The van der Waals surface area contributed by atoms with Crippen LogP contribution < -0.4 is 4.90 Å². The maximum atomic E-state index is 13.9. The summed E-state index contributed by atoms with van der Waals surface area (Å²) in [5, 5.41) is 0. The molecule has 118 valence electrons. The second-order valence-electron chi connectivity index (χ2n) is 6.20. The molecule has 0 N–H and O–H groups in total. The topological polar surface area (TPSA) is 37.1 Å². The zero-order chi connectivity index (χ0) is 16.3. The first-order chi connectivity index (χ1) is 10.3. The predicted octanol–water partition coefficient (Wildman–Crippen LogP) is 3.43. The molecule has 0 unspecified atom stereocenters. The monoisotopic (exact) mass is 305 g/mol. The molecule has 1 aromatic rings. The van der Waals surface area contributed by atoms with E-state index in [0.717, 1.165) is 0 Å². The molecule has 1 heterocycles. The van der Waals surface area contributed by atoms with E-state index in [1.807, 2.05) is 25.7 Å². The highest BCUT2D eigenvalue weighted by atomic mass is 19.1. The number of amides is 1. The average Bonchev–Trinajstić information content (AvgIpc) is 2.46. The first kappa shape index (κ1) is 16.1. The van der Waals surface area contributed by atoms with Crippen LogP contribution in [-0.4, -0.2) is 42.8 Å². The molecule has 0 radical (unpaired) electrons. The number of carbonyl (C=O) groups excluding carboxylic acids is 1. The van der Waals surface area contributed by atoms with Crippen molar-refractivity contribution in [1.82, 2.24) is 4.90 Å². The van der Waals surface area contributed by atoms with E-state index in [9.17, 15) is 9.18 Å². The van der Waals surface area contributed by atoms with Crippen molar-refractivity contribution in [2.45, 2.75) is 26.4 Å². The molecule has 0 bridgehead atoms. The van der Waals surface area contributed by atoms with Crippen molar-refractivity contribution in [1.29, 1.82) is 0 Å². The summed E-state index contributed by atoms with van der Waals surface area (Å²) in [5.41, 5.74) is 0.299. The minimum absolute atomic E-state index is 0.345. The molecule has 22 heavy (non-hydrogen) atoms. The highest BCUT2D eigenvalue weighted by Crippen LogP contribution is 2.26. The van der Waals surface area contributed by atoms with E-state index in [1.54, 1.807) is 11.0 Å². The highest BCUT2D eigenvalue weighted by Gasteiger charge is 2.26. The van der Waals surface area contributed by atoms with Gasteiger partial charge in [-0.05, 0) is 32.9 Å². The van der Waals surface area contributed by atoms with Crippen LogP contribution in [0.25, 0.3) is 4.85 Å². The molecule has 0 aliphatic carbocycles. The van der Waals surface area contributed by atoms with E-state index in [-0.39, 0.29) is 11.9 Å². The molecular formula is C16H20FN3O2. The lowest BCUT2D eigenvalue weighted by Crippen LogP contribution is -2.50. The van der Waals surface area contributed by atoms with Gasteiger partial charge in [-0.2, -0.15) is 0 Å². The Morgan fingerprint density at radius 3 is 2.45 bits per heavy atom. The van der Waals surface area contributed by atoms with Crippen LogP contribution in [0.1, 0.15) is 20.8 Å². The minimum Gasteiger partial charge on any atom is -0.444 e. The summed E-state index contributed by atoms with van der Waals surface area (Å²) in [4.78, 5) is 18.8. The van der Waals surface area contributed by atoms with Crippen molar-refractivity contribution >= 4 is 17.5 Å². The van der Waals surface area contributed by atoms with E-state index in [1.165, 1.54) is 12.1 Å². The number of carbonyl (C=O) groups is 1. The van der Waals surface area contributed by atoms with Gasteiger partial charge in [0.05, 0.1) is 12.3 Å². The second-order valence-corrected chi connectivity index (χ2v) is 6.20. The van der Waals surface area contributed by atoms with E-state index < -0.39 is 5.60 Å². The lowest BCUT2D eigenvalue weighted by molar-refractivity contribution is 0.0240. The zero-order valence-corrected chi connectivity index (χ0v) is 13.1. The molecule has 1 saturated heterocycles. The van der Waals surface area contributed by atoms with Crippen LogP contribution in [0, 0.1) is 12.4 Å². The fraction of sp³-hybridized carbons (Fsp3) is 0.500. The van der Waals surface area contributed by atoms with Gasteiger partial charge in [0.2, 0.25) is 0 Å². The van der Waals surface area contributed by atoms with E-state index in [0.29, 0.717) is 37.6 Å². The molecule has 0 atom stereocenters. The third kappa shape index (κ3) is 3.88. The Morgan fingerprint density at radius 2 is 1.91 bits per heavy atom. The van der Waals surface area contributed by atoms with Crippen LogP contribution in [0.4, 0.5) is 20.6 Å². The Balaban J connectivity index is 2.01. The molecule has 1 aliphatic rings. The van der Waals surface area contributed by atoms with E-state index in [4.69, 9.17) is 11.3 Å². The standard InChI is InChI=1S/C16H20FN3O2/c1-16(2,3)22-15(21)20-9-7-19(8-10-20)14-11-12(18-4)5-6-13(14)17/h5-6,11H,7-10H2,1-3H3. The fourth-order valence-electron chi connectivity index (χ4n) is 2.27. The van der Waals surface area contributed by atoms with Gasteiger partial charge in [-0.25, -0.2) is 14.0 Å². The third-order valence-corrected chi connectivity index (χ3v) is 3.33. The summed E-state index contributed by atoms with van der Waals surface area (Å²) in [5.74, 6) is -0.349. The van der Waals surface area contributed by atoms with Gasteiger partial charge in [-0.1, -0.05) is 6.07 Å². The van der Waals surface area contributed by atoms with Crippen molar-refractivity contribution in [2.24, 2.45) is 0 Å². The number of benzene rings is 1. The summed E-state index contributed by atoms with van der Waals surface area (Å²) in [6.07, 6.45) is -0.345. The summed E-state index contributed by atoms with van der Waals surface area (Å²) in [6.45, 7) is 14.4. The molecule has 6 heteroatoms. The first-order valence-corrected chi connectivity index (χ1v) is 7.20.